The number of nitrogens with one attached hydrogen (secondary N) is 1. The average molecular weight is 311 g/mol. The number of nitrogens with zero attached hydrogens (tertiary/aromatic N) is 1. The summed E-state index contributed by atoms with van der Waals surface area (Å²) in [5.74, 6) is 1.43. The van der Waals surface area contributed by atoms with Crippen LogP contribution in [0.15, 0.2) is 18.2 Å². The molecule has 0 aliphatic heterocycles. The lowest BCUT2D eigenvalue weighted by Gasteiger charge is -2.31. The van der Waals surface area contributed by atoms with Gasteiger partial charge >= 0.3 is 0 Å². The largest absolute Gasteiger partial charge is 0.377 e. The molecule has 1 aromatic rings. The molecule has 0 spiro atoms. The topological polar surface area (TPSA) is 55.2 Å². The monoisotopic (exact) mass is 310 g/mol. The Morgan fingerprint density at radius 2 is 2.19 bits per heavy atom. The maximum absolute atomic E-state index is 11.1. The predicted octanol–water partition coefficient (Wildman–Crippen LogP) is 5.27. The van der Waals surface area contributed by atoms with Gasteiger partial charge in [-0.05, 0) is 43.2 Å². The fraction of sp³-hybridized carbons (Fsp3) is 0.625. The van der Waals surface area contributed by atoms with Gasteiger partial charge in [-0.1, -0.05) is 38.3 Å². The molecular formula is C16H23ClN2O2. The molecule has 0 bridgehead atoms. The first-order valence-corrected chi connectivity index (χ1v) is 8.04. The minimum Gasteiger partial charge on any atom is -0.377 e. The molecule has 0 saturated heterocycles. The van der Waals surface area contributed by atoms with Gasteiger partial charge in [0, 0.05) is 17.1 Å². The van der Waals surface area contributed by atoms with E-state index in [-0.39, 0.29) is 10.6 Å². The van der Waals surface area contributed by atoms with Crippen LogP contribution in [0.1, 0.15) is 46.0 Å². The van der Waals surface area contributed by atoms with Gasteiger partial charge in [0.05, 0.1) is 4.92 Å². The standard InChI is InChI=1S/C16H23ClN2O2/c1-11(2)8-12-4-3-5-14(9-12)18-15-7-6-13(17)10-16(15)19(20)21/h6-7,10-12,14,18H,3-5,8-9H2,1-2H3. The molecule has 2 unspecified atom stereocenters. The quantitative estimate of drug-likeness (QED) is 0.595. The molecule has 21 heavy (non-hydrogen) atoms. The van der Waals surface area contributed by atoms with Crippen molar-refractivity contribution in [2.24, 2.45) is 11.8 Å². The summed E-state index contributed by atoms with van der Waals surface area (Å²) in [5.41, 5.74) is 0.646. The molecular weight excluding hydrogens is 288 g/mol. The van der Waals surface area contributed by atoms with Gasteiger partial charge in [0.1, 0.15) is 5.69 Å². The van der Waals surface area contributed by atoms with Crippen molar-refractivity contribution in [1.29, 1.82) is 0 Å². The minimum absolute atomic E-state index is 0.0634. The van der Waals surface area contributed by atoms with E-state index in [4.69, 9.17) is 11.6 Å². The lowest BCUT2D eigenvalue weighted by molar-refractivity contribution is -0.384. The number of halogens is 1. The van der Waals surface area contributed by atoms with E-state index >= 15 is 0 Å². The molecule has 4 nitrogen and oxygen atoms in total. The summed E-state index contributed by atoms with van der Waals surface area (Å²) in [7, 11) is 0. The molecule has 1 N–H and O–H groups in total. The van der Waals surface area contributed by atoms with E-state index in [2.05, 4.69) is 19.2 Å². The Kier molecular flexibility index (Phi) is 5.45. The number of nitro groups is 1. The first-order valence-electron chi connectivity index (χ1n) is 7.66. The molecule has 0 aromatic heterocycles. The van der Waals surface area contributed by atoms with E-state index in [9.17, 15) is 10.1 Å². The average Bonchev–Trinajstić information content (AvgIpc) is 2.40. The molecule has 1 aliphatic rings. The highest BCUT2D eigenvalue weighted by molar-refractivity contribution is 6.30. The van der Waals surface area contributed by atoms with Gasteiger partial charge in [0.25, 0.3) is 5.69 Å². The molecule has 1 aromatic carbocycles. The lowest BCUT2D eigenvalue weighted by Crippen LogP contribution is -2.28. The minimum atomic E-state index is -0.372. The number of hydrogen-bond donors (Lipinski definition) is 1. The third-order valence-electron chi connectivity index (χ3n) is 4.10. The molecule has 0 amide bonds. The second-order valence-corrected chi connectivity index (χ2v) is 6.86. The Balaban J connectivity index is 2.06. The van der Waals surface area contributed by atoms with Crippen molar-refractivity contribution in [3.8, 4) is 0 Å². The maximum Gasteiger partial charge on any atom is 0.293 e. The Bertz CT molecular complexity index is 505. The van der Waals surface area contributed by atoms with Gasteiger partial charge in [-0.25, -0.2) is 0 Å². The van der Waals surface area contributed by atoms with Crippen LogP contribution in [0.4, 0.5) is 11.4 Å². The van der Waals surface area contributed by atoms with Crippen LogP contribution in [0.25, 0.3) is 0 Å². The van der Waals surface area contributed by atoms with Crippen molar-refractivity contribution < 1.29 is 4.92 Å². The Morgan fingerprint density at radius 3 is 2.86 bits per heavy atom. The molecule has 1 saturated carbocycles. The van der Waals surface area contributed by atoms with Gasteiger partial charge in [-0.15, -0.1) is 0 Å². The lowest BCUT2D eigenvalue weighted by atomic mass is 9.81. The van der Waals surface area contributed by atoms with Crippen molar-refractivity contribution in [2.75, 3.05) is 5.32 Å². The van der Waals surface area contributed by atoms with Crippen LogP contribution >= 0.6 is 11.6 Å². The molecule has 0 heterocycles. The van der Waals surface area contributed by atoms with Gasteiger partial charge < -0.3 is 5.32 Å². The summed E-state index contributed by atoms with van der Waals surface area (Å²) in [6.45, 7) is 4.50. The zero-order valence-electron chi connectivity index (χ0n) is 12.6. The van der Waals surface area contributed by atoms with Crippen LogP contribution in [-0.4, -0.2) is 11.0 Å². The molecule has 2 atom stereocenters. The Hall–Kier alpha value is -1.29. The second kappa shape index (κ2) is 7.12. The number of hydrogen-bond acceptors (Lipinski definition) is 3. The zero-order valence-corrected chi connectivity index (χ0v) is 13.4. The van der Waals surface area contributed by atoms with Crippen molar-refractivity contribution in [2.45, 2.75) is 52.0 Å². The van der Waals surface area contributed by atoms with Crippen molar-refractivity contribution in [1.82, 2.24) is 0 Å². The number of anilines is 1. The number of rotatable bonds is 5. The summed E-state index contributed by atoms with van der Waals surface area (Å²) in [4.78, 5) is 10.8. The van der Waals surface area contributed by atoms with Crippen molar-refractivity contribution >= 4 is 23.0 Å². The smallest absolute Gasteiger partial charge is 0.293 e. The Morgan fingerprint density at radius 1 is 1.43 bits per heavy atom. The maximum atomic E-state index is 11.1. The molecule has 0 radical (unpaired) electrons. The highest BCUT2D eigenvalue weighted by Gasteiger charge is 2.24. The van der Waals surface area contributed by atoms with Crippen molar-refractivity contribution in [3.05, 3.63) is 33.3 Å². The van der Waals surface area contributed by atoms with Crippen LogP contribution < -0.4 is 5.32 Å². The molecule has 1 fully saturated rings. The first kappa shape index (κ1) is 16.1. The fourth-order valence-corrected chi connectivity index (χ4v) is 3.47. The van der Waals surface area contributed by atoms with E-state index in [1.54, 1.807) is 12.1 Å². The first-order chi connectivity index (χ1) is 9.95. The Labute approximate surface area is 131 Å². The SMILES string of the molecule is CC(C)CC1CCCC(Nc2ccc(Cl)cc2[N+](=O)[O-])C1. The van der Waals surface area contributed by atoms with Crippen LogP contribution in [0.3, 0.4) is 0 Å². The fourth-order valence-electron chi connectivity index (χ4n) is 3.30. The van der Waals surface area contributed by atoms with E-state index in [1.807, 2.05) is 0 Å². The zero-order chi connectivity index (χ0) is 15.4. The van der Waals surface area contributed by atoms with Gasteiger partial charge in [-0.2, -0.15) is 0 Å². The predicted molar refractivity (Wildman–Crippen MR) is 86.9 cm³/mol. The highest BCUT2D eigenvalue weighted by atomic mass is 35.5. The van der Waals surface area contributed by atoms with Gasteiger partial charge in [0.15, 0.2) is 0 Å². The number of benzene rings is 1. The third kappa shape index (κ3) is 4.60. The van der Waals surface area contributed by atoms with Gasteiger partial charge in [-0.3, -0.25) is 10.1 Å². The molecule has 5 heteroatoms. The van der Waals surface area contributed by atoms with Crippen LogP contribution in [0.5, 0.6) is 0 Å². The third-order valence-corrected chi connectivity index (χ3v) is 4.34. The summed E-state index contributed by atoms with van der Waals surface area (Å²) in [5, 5.41) is 14.9. The highest BCUT2D eigenvalue weighted by Crippen LogP contribution is 2.34. The van der Waals surface area contributed by atoms with E-state index in [0.29, 0.717) is 22.7 Å². The van der Waals surface area contributed by atoms with Crippen LogP contribution in [0, 0.1) is 22.0 Å². The molecule has 2 rings (SSSR count). The van der Waals surface area contributed by atoms with E-state index in [1.165, 1.54) is 25.3 Å². The summed E-state index contributed by atoms with van der Waals surface area (Å²) in [6, 6.07) is 5.15. The van der Waals surface area contributed by atoms with E-state index < -0.39 is 0 Å². The van der Waals surface area contributed by atoms with Gasteiger partial charge in [0.2, 0.25) is 0 Å². The molecule has 116 valence electrons. The second-order valence-electron chi connectivity index (χ2n) is 6.42. The summed E-state index contributed by atoms with van der Waals surface area (Å²) >= 11 is 5.85. The summed E-state index contributed by atoms with van der Waals surface area (Å²) in [6.07, 6.45) is 5.88. The summed E-state index contributed by atoms with van der Waals surface area (Å²) < 4.78 is 0. The van der Waals surface area contributed by atoms with Crippen LogP contribution in [-0.2, 0) is 0 Å². The van der Waals surface area contributed by atoms with Crippen molar-refractivity contribution in [3.63, 3.8) is 0 Å². The molecule has 1 aliphatic carbocycles. The normalized spacial score (nSPS) is 22.3. The van der Waals surface area contributed by atoms with E-state index in [0.717, 1.165) is 18.8 Å². The van der Waals surface area contributed by atoms with Crippen LogP contribution in [0.2, 0.25) is 5.02 Å². The number of nitro benzene ring substituents is 1.